The van der Waals surface area contributed by atoms with Crippen molar-refractivity contribution >= 4 is 27.7 Å². The predicted molar refractivity (Wildman–Crippen MR) is 77.4 cm³/mol. The molecule has 0 N–H and O–H groups in total. The quantitative estimate of drug-likeness (QED) is 0.765. The average molecular weight is 318 g/mol. The Kier molecular flexibility index (Phi) is 5.01. The van der Waals surface area contributed by atoms with E-state index in [1.54, 1.807) is 18.2 Å². The van der Waals surface area contributed by atoms with Crippen LogP contribution in [0.3, 0.4) is 0 Å². The summed E-state index contributed by atoms with van der Waals surface area (Å²) in [5.41, 5.74) is 0.503. The average Bonchev–Trinajstić information content (AvgIpc) is 2.42. The zero-order valence-corrected chi connectivity index (χ0v) is 12.5. The fraction of sp³-hybridized carbons (Fsp3) is 0.462. The molecule has 0 aromatic heterocycles. The number of hydrogen-bond acceptors (Lipinski definition) is 5. The van der Waals surface area contributed by atoms with Crippen molar-refractivity contribution in [3.05, 3.63) is 28.8 Å². The molecule has 1 aromatic carbocycles. The van der Waals surface area contributed by atoms with E-state index in [-0.39, 0.29) is 11.5 Å². The van der Waals surface area contributed by atoms with Gasteiger partial charge in [-0.3, -0.25) is 9.69 Å². The second-order valence-electron chi connectivity index (χ2n) is 4.65. The number of ether oxygens (including phenoxy) is 1. The second-order valence-corrected chi connectivity index (χ2v) is 7.36. The Morgan fingerprint density at radius 3 is 2.60 bits per heavy atom. The summed E-state index contributed by atoms with van der Waals surface area (Å²) in [7, 11) is -2.84. The molecule has 0 saturated carbocycles. The van der Waals surface area contributed by atoms with Gasteiger partial charge in [0.15, 0.2) is 9.84 Å². The van der Waals surface area contributed by atoms with E-state index in [0.29, 0.717) is 42.6 Å². The van der Waals surface area contributed by atoms with Gasteiger partial charge in [-0.15, -0.1) is 0 Å². The highest BCUT2D eigenvalue weighted by atomic mass is 35.5. The van der Waals surface area contributed by atoms with Crippen LogP contribution in [0, 0.1) is 0 Å². The van der Waals surface area contributed by atoms with Crippen LogP contribution >= 0.6 is 11.6 Å². The molecule has 0 bridgehead atoms. The number of halogens is 1. The summed E-state index contributed by atoms with van der Waals surface area (Å²) in [6.07, 6.45) is 0.726. The number of carbonyl (C=O) groups excluding carboxylic acids is 1. The van der Waals surface area contributed by atoms with Crippen LogP contribution in [0.1, 0.15) is 10.4 Å². The summed E-state index contributed by atoms with van der Waals surface area (Å²) >= 11 is 5.99. The van der Waals surface area contributed by atoms with Crippen molar-refractivity contribution in [1.29, 1.82) is 0 Å². The van der Waals surface area contributed by atoms with Gasteiger partial charge < -0.3 is 4.74 Å². The summed E-state index contributed by atoms with van der Waals surface area (Å²) in [5, 5.41) is 0.399. The maximum absolute atomic E-state index is 11.3. The minimum absolute atomic E-state index is 0.210. The zero-order chi connectivity index (χ0) is 14.6. The predicted octanol–water partition coefficient (Wildman–Crippen LogP) is 1.26. The molecule has 0 amide bonds. The third-order valence-electron chi connectivity index (χ3n) is 3.19. The molecule has 0 aliphatic carbocycles. The van der Waals surface area contributed by atoms with Crippen LogP contribution in [-0.4, -0.2) is 57.4 Å². The topological polar surface area (TPSA) is 63.7 Å². The molecule has 1 heterocycles. The molecule has 1 saturated heterocycles. The minimum atomic E-state index is -2.84. The number of sulfone groups is 1. The van der Waals surface area contributed by atoms with E-state index < -0.39 is 9.84 Å². The third kappa shape index (κ3) is 4.19. The van der Waals surface area contributed by atoms with Gasteiger partial charge in [0.25, 0.3) is 0 Å². The number of aldehydes is 1. The first-order valence-electron chi connectivity index (χ1n) is 6.30. The maximum Gasteiger partial charge on any atom is 0.152 e. The van der Waals surface area contributed by atoms with Crippen LogP contribution in [0.5, 0.6) is 5.75 Å². The minimum Gasteiger partial charge on any atom is -0.491 e. The van der Waals surface area contributed by atoms with E-state index in [0.717, 1.165) is 6.29 Å². The van der Waals surface area contributed by atoms with Crippen LogP contribution in [0.25, 0.3) is 0 Å². The number of nitrogens with zero attached hydrogens (tertiary/aromatic N) is 1. The Hall–Kier alpha value is -1.11. The first kappa shape index (κ1) is 15.3. The molecule has 1 aliphatic rings. The molecule has 1 aromatic rings. The highest BCUT2D eigenvalue weighted by Gasteiger charge is 2.21. The standard InChI is InChI=1S/C13H16ClNO4S/c14-12-9-11(10-16)1-2-13(12)19-6-3-15-4-7-20(17,18)8-5-15/h1-2,9-10H,3-8H2. The second kappa shape index (κ2) is 6.56. The number of hydrogen-bond donors (Lipinski definition) is 0. The normalized spacial score (nSPS) is 18.6. The lowest BCUT2D eigenvalue weighted by atomic mass is 10.2. The Labute approximate surface area is 123 Å². The first-order valence-corrected chi connectivity index (χ1v) is 8.50. The van der Waals surface area contributed by atoms with Gasteiger partial charge in [0.1, 0.15) is 18.6 Å². The van der Waals surface area contributed by atoms with Crippen molar-refractivity contribution in [3.63, 3.8) is 0 Å². The molecule has 0 unspecified atom stereocenters. The van der Waals surface area contributed by atoms with E-state index >= 15 is 0 Å². The molecule has 7 heteroatoms. The van der Waals surface area contributed by atoms with Gasteiger partial charge in [0.2, 0.25) is 0 Å². The van der Waals surface area contributed by atoms with Crippen LogP contribution < -0.4 is 4.74 Å². The zero-order valence-electron chi connectivity index (χ0n) is 10.9. The van der Waals surface area contributed by atoms with Gasteiger partial charge in [-0.1, -0.05) is 11.6 Å². The lowest BCUT2D eigenvalue weighted by molar-refractivity contribution is 0.112. The van der Waals surface area contributed by atoms with Crippen molar-refractivity contribution in [1.82, 2.24) is 4.90 Å². The monoisotopic (exact) mass is 317 g/mol. The van der Waals surface area contributed by atoms with Crippen molar-refractivity contribution in [2.45, 2.75) is 0 Å². The SMILES string of the molecule is O=Cc1ccc(OCCN2CCS(=O)(=O)CC2)c(Cl)c1. The van der Waals surface area contributed by atoms with E-state index in [9.17, 15) is 13.2 Å². The summed E-state index contributed by atoms with van der Waals surface area (Å²) < 4.78 is 28.1. The molecule has 1 fully saturated rings. The molecular weight excluding hydrogens is 302 g/mol. The molecular formula is C13H16ClNO4S. The summed E-state index contributed by atoms with van der Waals surface area (Å²) in [5.74, 6) is 0.950. The molecule has 5 nitrogen and oxygen atoms in total. The Morgan fingerprint density at radius 1 is 1.30 bits per heavy atom. The van der Waals surface area contributed by atoms with E-state index in [1.165, 1.54) is 0 Å². The number of rotatable bonds is 5. The number of benzene rings is 1. The van der Waals surface area contributed by atoms with E-state index in [4.69, 9.17) is 16.3 Å². The van der Waals surface area contributed by atoms with Crippen LogP contribution in [0.4, 0.5) is 0 Å². The van der Waals surface area contributed by atoms with Gasteiger partial charge in [0, 0.05) is 25.2 Å². The summed E-state index contributed by atoms with van der Waals surface area (Å²) in [6, 6.07) is 4.85. The smallest absolute Gasteiger partial charge is 0.152 e. The fourth-order valence-electron chi connectivity index (χ4n) is 1.97. The third-order valence-corrected chi connectivity index (χ3v) is 5.10. The fourth-order valence-corrected chi connectivity index (χ4v) is 3.49. The molecule has 0 atom stereocenters. The van der Waals surface area contributed by atoms with Gasteiger partial charge in [-0.2, -0.15) is 0 Å². The van der Waals surface area contributed by atoms with E-state index in [2.05, 4.69) is 4.90 Å². The summed E-state index contributed by atoms with van der Waals surface area (Å²) in [6.45, 7) is 2.18. The largest absolute Gasteiger partial charge is 0.491 e. The highest BCUT2D eigenvalue weighted by molar-refractivity contribution is 7.91. The Bertz CT molecular complexity index is 574. The lowest BCUT2D eigenvalue weighted by Gasteiger charge is -2.26. The van der Waals surface area contributed by atoms with Gasteiger partial charge in [0.05, 0.1) is 16.5 Å². The molecule has 1 aliphatic heterocycles. The van der Waals surface area contributed by atoms with Gasteiger partial charge in [-0.05, 0) is 18.2 Å². The summed E-state index contributed by atoms with van der Waals surface area (Å²) in [4.78, 5) is 12.6. The van der Waals surface area contributed by atoms with Crippen molar-refractivity contribution in [2.75, 3.05) is 37.7 Å². The van der Waals surface area contributed by atoms with Crippen molar-refractivity contribution in [2.24, 2.45) is 0 Å². The Balaban J connectivity index is 1.80. The molecule has 0 radical (unpaired) electrons. The first-order chi connectivity index (χ1) is 9.50. The highest BCUT2D eigenvalue weighted by Crippen LogP contribution is 2.24. The lowest BCUT2D eigenvalue weighted by Crippen LogP contribution is -2.42. The molecule has 20 heavy (non-hydrogen) atoms. The van der Waals surface area contributed by atoms with Crippen LogP contribution in [0.2, 0.25) is 5.02 Å². The molecule has 2 rings (SSSR count). The van der Waals surface area contributed by atoms with Crippen LogP contribution in [-0.2, 0) is 9.84 Å². The van der Waals surface area contributed by atoms with Gasteiger partial charge in [-0.25, -0.2) is 8.42 Å². The van der Waals surface area contributed by atoms with Gasteiger partial charge >= 0.3 is 0 Å². The molecule has 110 valence electrons. The Morgan fingerprint density at radius 2 is 2.00 bits per heavy atom. The van der Waals surface area contributed by atoms with E-state index in [1.807, 2.05) is 0 Å². The number of carbonyl (C=O) groups is 1. The van der Waals surface area contributed by atoms with Crippen molar-refractivity contribution in [3.8, 4) is 5.75 Å². The maximum atomic E-state index is 11.3. The van der Waals surface area contributed by atoms with Crippen molar-refractivity contribution < 1.29 is 17.9 Å². The van der Waals surface area contributed by atoms with Crippen LogP contribution in [0.15, 0.2) is 18.2 Å². The molecule has 0 spiro atoms.